The van der Waals surface area contributed by atoms with Crippen LogP contribution in [-0.4, -0.2) is 20.1 Å². The highest BCUT2D eigenvalue weighted by molar-refractivity contribution is 7.99. The van der Waals surface area contributed by atoms with Crippen molar-refractivity contribution in [2.45, 2.75) is 0 Å². The molecule has 0 aromatic carbocycles. The predicted molar refractivity (Wildman–Crippen MR) is 36.7 cm³/mol. The highest BCUT2D eigenvalue weighted by Gasteiger charge is 1.97. The molecule has 0 amide bonds. The zero-order chi connectivity index (χ0) is 4.99. The topological polar surface area (TPSA) is 9.23 Å². The Kier molecular flexibility index (Phi) is 4.65. The minimum absolute atomic E-state index is 0.380. The van der Waals surface area contributed by atoms with Crippen LogP contribution in [0.4, 0.5) is 0 Å². The molecule has 0 fully saturated rings. The molecular weight excluding hydrogens is 113 g/mol. The van der Waals surface area contributed by atoms with Gasteiger partial charge in [0.15, 0.2) is 0 Å². The fourth-order valence-corrected chi connectivity index (χ4v) is 0.354. The molecule has 2 unspecified atom stereocenters. The third kappa shape index (κ3) is 3.09. The molecule has 0 aliphatic rings. The molecular formula is C2H9BOP2. The fraction of sp³-hybridized carbons (Fsp3) is 1.00. The van der Waals surface area contributed by atoms with Crippen LogP contribution in [0.1, 0.15) is 0 Å². The molecule has 4 heteroatoms. The van der Waals surface area contributed by atoms with E-state index in [0.29, 0.717) is 6.35 Å². The van der Waals surface area contributed by atoms with Crippen molar-refractivity contribution in [1.82, 2.24) is 0 Å². The van der Waals surface area contributed by atoms with E-state index in [1.54, 1.807) is 7.11 Å². The molecule has 0 spiro atoms. The van der Waals surface area contributed by atoms with Crippen molar-refractivity contribution in [3.05, 3.63) is 0 Å². The zero-order valence-electron chi connectivity index (χ0n) is 4.06. The quantitative estimate of drug-likeness (QED) is 0.388. The second kappa shape index (κ2) is 4.05. The molecule has 1 nitrogen and oxygen atoms in total. The van der Waals surface area contributed by atoms with Crippen molar-refractivity contribution < 1.29 is 4.65 Å². The Morgan fingerprint density at radius 2 is 2.33 bits per heavy atom. The summed E-state index contributed by atoms with van der Waals surface area (Å²) in [5, 5.41) is 0. The largest absolute Gasteiger partial charge is 0.430 e. The summed E-state index contributed by atoms with van der Waals surface area (Å²) in [5.74, 6) is 0. The van der Waals surface area contributed by atoms with Gasteiger partial charge in [0.05, 0.1) is 0 Å². The molecule has 0 aliphatic heterocycles. The summed E-state index contributed by atoms with van der Waals surface area (Å²) in [6.45, 7) is 2.11. The van der Waals surface area contributed by atoms with Crippen LogP contribution in [0, 0.1) is 0 Å². The molecule has 0 bridgehead atoms. The van der Waals surface area contributed by atoms with Gasteiger partial charge in [0.2, 0.25) is 0 Å². The molecule has 36 valence electrons. The first kappa shape index (κ1) is 6.88. The Hall–Kier alpha value is 0.885. The number of hydrogen-bond donors (Lipinski definition) is 0. The lowest BCUT2D eigenvalue weighted by Crippen LogP contribution is -1.95. The minimum Gasteiger partial charge on any atom is -0.430 e. The van der Waals surface area contributed by atoms with E-state index in [4.69, 9.17) is 4.65 Å². The first-order chi connectivity index (χ1) is 2.81. The molecule has 0 aromatic rings. The van der Waals surface area contributed by atoms with Crippen LogP contribution in [0.25, 0.3) is 0 Å². The van der Waals surface area contributed by atoms with E-state index < -0.39 is 0 Å². The van der Waals surface area contributed by atoms with E-state index in [0.717, 1.165) is 8.46 Å². The van der Waals surface area contributed by atoms with Crippen molar-refractivity contribution in [3.63, 3.8) is 0 Å². The molecule has 6 heavy (non-hydrogen) atoms. The average molecular weight is 122 g/mol. The SMILES string of the molecule is COB(P)PC. The van der Waals surface area contributed by atoms with E-state index in [1.807, 2.05) is 0 Å². The fourth-order valence-electron chi connectivity index (χ4n) is 0.118. The van der Waals surface area contributed by atoms with Gasteiger partial charge in [0.1, 0.15) is 0 Å². The van der Waals surface area contributed by atoms with Crippen molar-refractivity contribution >= 4 is 23.9 Å². The second-order valence-corrected chi connectivity index (χ2v) is 3.36. The summed E-state index contributed by atoms with van der Waals surface area (Å²) in [6.07, 6.45) is 0.380. The lowest BCUT2D eigenvalue weighted by molar-refractivity contribution is 0.450. The third-order valence-electron chi connectivity index (χ3n) is 0.538. The Bertz CT molecular complexity index is 30.7. The van der Waals surface area contributed by atoms with Gasteiger partial charge in [0.25, 0.3) is 0 Å². The van der Waals surface area contributed by atoms with Crippen molar-refractivity contribution in [2.24, 2.45) is 0 Å². The lowest BCUT2D eigenvalue weighted by Gasteiger charge is -1.95. The van der Waals surface area contributed by atoms with Crippen LogP contribution < -0.4 is 0 Å². The van der Waals surface area contributed by atoms with E-state index >= 15 is 0 Å². The molecule has 0 saturated carbocycles. The van der Waals surface area contributed by atoms with Gasteiger partial charge < -0.3 is 4.65 Å². The smallest absolute Gasteiger partial charge is 0.339 e. The second-order valence-electron chi connectivity index (χ2n) is 0.945. The van der Waals surface area contributed by atoms with Crippen LogP contribution in [0.5, 0.6) is 0 Å². The number of rotatable bonds is 2. The molecule has 0 radical (unpaired) electrons. The van der Waals surface area contributed by atoms with Crippen LogP contribution in [0.2, 0.25) is 0 Å². The lowest BCUT2D eigenvalue weighted by atomic mass is 10.5. The van der Waals surface area contributed by atoms with E-state index in [-0.39, 0.29) is 0 Å². The van der Waals surface area contributed by atoms with Crippen molar-refractivity contribution in [1.29, 1.82) is 0 Å². The molecule has 0 aliphatic carbocycles. The van der Waals surface area contributed by atoms with E-state index in [2.05, 4.69) is 15.8 Å². The summed E-state index contributed by atoms with van der Waals surface area (Å²) in [4.78, 5) is 0. The van der Waals surface area contributed by atoms with E-state index in [1.165, 1.54) is 0 Å². The van der Waals surface area contributed by atoms with Gasteiger partial charge in [0, 0.05) is 7.11 Å². The Morgan fingerprint density at radius 1 is 1.83 bits per heavy atom. The average Bonchev–Trinajstić information content (AvgIpc) is 1.65. The first-order valence-corrected chi connectivity index (χ1v) is 4.01. The van der Waals surface area contributed by atoms with Crippen LogP contribution >= 0.6 is 17.6 Å². The Balaban J connectivity index is 2.75. The summed E-state index contributed by atoms with van der Waals surface area (Å²) in [6, 6.07) is 0. The van der Waals surface area contributed by atoms with Gasteiger partial charge in [-0.05, 0) is 0 Å². The summed E-state index contributed by atoms with van der Waals surface area (Å²) >= 11 is 0. The highest BCUT2D eigenvalue weighted by atomic mass is 31.1. The standard InChI is InChI=1S/C2H9BOP2/c1-4-3(5)6-2/h6H,5H2,1-2H3. The first-order valence-electron chi connectivity index (χ1n) is 1.77. The molecule has 0 saturated heterocycles. The van der Waals surface area contributed by atoms with Gasteiger partial charge in [-0.25, -0.2) is 0 Å². The molecule has 0 aromatic heterocycles. The summed E-state index contributed by atoms with van der Waals surface area (Å²) < 4.78 is 4.87. The maximum absolute atomic E-state index is 4.87. The van der Waals surface area contributed by atoms with Crippen LogP contribution in [0.3, 0.4) is 0 Å². The molecule has 2 atom stereocenters. The van der Waals surface area contributed by atoms with Crippen molar-refractivity contribution in [2.75, 3.05) is 13.8 Å². The van der Waals surface area contributed by atoms with Gasteiger partial charge in [-0.1, -0.05) is 6.66 Å². The number of hydrogen-bond acceptors (Lipinski definition) is 1. The molecule has 0 heterocycles. The highest BCUT2D eigenvalue weighted by Crippen LogP contribution is 2.14. The Labute approximate surface area is 43.2 Å². The molecule has 0 rings (SSSR count). The summed E-state index contributed by atoms with van der Waals surface area (Å²) in [7, 11) is 5.19. The predicted octanol–water partition coefficient (Wildman–Crippen LogP) is 0.801. The maximum atomic E-state index is 4.87. The normalized spacial score (nSPS) is 10.5. The van der Waals surface area contributed by atoms with Gasteiger partial charge >= 0.3 is 6.35 Å². The minimum atomic E-state index is 0.380. The summed E-state index contributed by atoms with van der Waals surface area (Å²) in [5.41, 5.74) is 0. The van der Waals surface area contributed by atoms with Crippen LogP contribution in [-0.2, 0) is 4.65 Å². The Morgan fingerprint density at radius 3 is 2.33 bits per heavy atom. The van der Waals surface area contributed by atoms with Gasteiger partial charge in [-0.2, -0.15) is 0 Å². The van der Waals surface area contributed by atoms with Gasteiger partial charge in [-0.3, -0.25) is 0 Å². The van der Waals surface area contributed by atoms with Gasteiger partial charge in [-0.15, -0.1) is 17.6 Å². The third-order valence-corrected chi connectivity index (χ3v) is 2.62. The zero-order valence-corrected chi connectivity index (χ0v) is 6.22. The van der Waals surface area contributed by atoms with E-state index in [9.17, 15) is 0 Å². The maximum Gasteiger partial charge on any atom is 0.339 e. The monoisotopic (exact) mass is 122 g/mol. The van der Waals surface area contributed by atoms with Crippen LogP contribution in [0.15, 0.2) is 0 Å². The molecule has 0 N–H and O–H groups in total. The van der Waals surface area contributed by atoms with Crippen molar-refractivity contribution in [3.8, 4) is 0 Å².